The van der Waals surface area contributed by atoms with Gasteiger partial charge in [0, 0.05) is 43.7 Å². The number of piperidine rings is 1. The van der Waals surface area contributed by atoms with Gasteiger partial charge in [0.05, 0.1) is 5.92 Å². The maximum absolute atomic E-state index is 12.6. The first-order valence-corrected chi connectivity index (χ1v) is 9.67. The van der Waals surface area contributed by atoms with E-state index in [1.54, 1.807) is 33.7 Å². The van der Waals surface area contributed by atoms with Gasteiger partial charge < -0.3 is 14.8 Å². The number of aromatic amines is 1. The van der Waals surface area contributed by atoms with Crippen LogP contribution in [0, 0.1) is 10.7 Å². The van der Waals surface area contributed by atoms with Crippen molar-refractivity contribution in [2.75, 3.05) is 19.6 Å². The lowest BCUT2D eigenvalue weighted by Gasteiger charge is -2.32. The Hall–Kier alpha value is -2.19. The van der Waals surface area contributed by atoms with Crippen LogP contribution in [-0.4, -0.2) is 51.1 Å². The van der Waals surface area contributed by atoms with E-state index in [9.17, 15) is 9.59 Å². The van der Waals surface area contributed by atoms with Crippen LogP contribution in [0.3, 0.4) is 0 Å². The Morgan fingerprint density at radius 1 is 1.37 bits per heavy atom. The van der Waals surface area contributed by atoms with Crippen LogP contribution in [-0.2, 0) is 18.3 Å². The molecule has 9 heteroatoms. The summed E-state index contributed by atoms with van der Waals surface area (Å²) in [6.07, 6.45) is 2.18. The monoisotopic (exact) mass is 407 g/mol. The zero-order valence-corrected chi connectivity index (χ0v) is 16.6. The smallest absolute Gasteiger partial charge is 0.253 e. The number of amides is 2. The minimum atomic E-state index is -0.197. The van der Waals surface area contributed by atoms with Crippen LogP contribution in [0.25, 0.3) is 0 Å². The zero-order chi connectivity index (χ0) is 19.4. The van der Waals surface area contributed by atoms with Crippen molar-refractivity contribution in [1.29, 1.82) is 0 Å². The first-order chi connectivity index (χ1) is 13.0. The Bertz CT molecular complexity index is 877. The maximum atomic E-state index is 12.6. The van der Waals surface area contributed by atoms with Crippen LogP contribution in [0.2, 0.25) is 5.02 Å². The van der Waals surface area contributed by atoms with Gasteiger partial charge in [-0.25, -0.2) is 0 Å². The Morgan fingerprint density at radius 3 is 2.78 bits per heavy atom. The van der Waals surface area contributed by atoms with Gasteiger partial charge in [-0.1, -0.05) is 11.6 Å². The number of halogens is 1. The van der Waals surface area contributed by atoms with Crippen molar-refractivity contribution < 1.29 is 9.59 Å². The van der Waals surface area contributed by atoms with Crippen LogP contribution in [0.5, 0.6) is 0 Å². The molecule has 1 aromatic carbocycles. The van der Waals surface area contributed by atoms with E-state index in [-0.39, 0.29) is 17.7 Å². The number of nitrogens with zero attached hydrogens (tertiary/aromatic N) is 3. The topological polar surface area (TPSA) is 83.0 Å². The first-order valence-electron chi connectivity index (χ1n) is 8.88. The molecule has 1 aliphatic heterocycles. The number of likely N-dealkylation sites (tertiary alicyclic amines) is 1. The number of carbonyl (C=O) groups excluding carboxylic acids is 2. The van der Waals surface area contributed by atoms with Crippen molar-refractivity contribution >= 4 is 35.6 Å². The average molecular weight is 408 g/mol. The Morgan fingerprint density at radius 2 is 2.11 bits per heavy atom. The second kappa shape index (κ2) is 8.67. The largest absolute Gasteiger partial charge is 0.355 e. The van der Waals surface area contributed by atoms with Gasteiger partial charge in [0.1, 0.15) is 5.82 Å². The third-order valence-electron chi connectivity index (χ3n) is 4.79. The summed E-state index contributed by atoms with van der Waals surface area (Å²) < 4.78 is 2.34. The molecule has 1 saturated heterocycles. The molecule has 0 saturated carbocycles. The molecule has 1 atom stereocenters. The molecule has 1 fully saturated rings. The van der Waals surface area contributed by atoms with Gasteiger partial charge in [-0.2, -0.15) is 5.10 Å². The summed E-state index contributed by atoms with van der Waals surface area (Å²) in [5, 5.41) is 10.4. The van der Waals surface area contributed by atoms with E-state index in [0.29, 0.717) is 41.4 Å². The Balaban J connectivity index is 1.53. The summed E-state index contributed by atoms with van der Waals surface area (Å²) in [5.74, 6) is 0.506. The number of benzene rings is 1. The van der Waals surface area contributed by atoms with E-state index >= 15 is 0 Å². The molecule has 3 rings (SSSR count). The number of aromatic nitrogens is 3. The van der Waals surface area contributed by atoms with Crippen molar-refractivity contribution in [3.63, 3.8) is 0 Å². The number of rotatable bonds is 5. The summed E-state index contributed by atoms with van der Waals surface area (Å²) in [7, 11) is 1.84. The van der Waals surface area contributed by atoms with Crippen molar-refractivity contribution in [2.45, 2.75) is 19.3 Å². The van der Waals surface area contributed by atoms with E-state index in [4.69, 9.17) is 23.8 Å². The normalized spacial score (nSPS) is 17.0. The van der Waals surface area contributed by atoms with Crippen LogP contribution in [0.4, 0.5) is 0 Å². The quantitative estimate of drug-likeness (QED) is 0.745. The maximum Gasteiger partial charge on any atom is 0.253 e. The molecule has 1 aliphatic rings. The van der Waals surface area contributed by atoms with E-state index in [1.165, 1.54) is 0 Å². The third kappa shape index (κ3) is 4.75. The molecule has 2 heterocycles. The summed E-state index contributed by atoms with van der Waals surface area (Å²) in [6.45, 7) is 1.57. The van der Waals surface area contributed by atoms with Gasteiger partial charge in [0.2, 0.25) is 5.91 Å². The molecular weight excluding hydrogens is 386 g/mol. The minimum Gasteiger partial charge on any atom is -0.355 e. The minimum absolute atomic E-state index is 0.0274. The summed E-state index contributed by atoms with van der Waals surface area (Å²) >= 11 is 11.0. The summed E-state index contributed by atoms with van der Waals surface area (Å²) in [5.41, 5.74) is 0.589. The number of hydrogen-bond acceptors (Lipinski definition) is 4. The molecule has 1 unspecified atom stereocenters. The van der Waals surface area contributed by atoms with Crippen molar-refractivity contribution in [1.82, 2.24) is 25.0 Å². The lowest BCUT2D eigenvalue weighted by atomic mass is 9.96. The Labute approximate surface area is 167 Å². The highest BCUT2D eigenvalue weighted by atomic mass is 35.5. The van der Waals surface area contributed by atoms with Crippen molar-refractivity contribution in [3.8, 4) is 0 Å². The number of H-pyrrole nitrogens is 1. The molecule has 144 valence electrons. The molecule has 7 nitrogen and oxygen atoms in total. The average Bonchev–Trinajstić information content (AvgIpc) is 3.00. The van der Waals surface area contributed by atoms with Crippen molar-refractivity contribution in [2.24, 2.45) is 13.0 Å². The third-order valence-corrected chi connectivity index (χ3v) is 5.41. The fourth-order valence-electron chi connectivity index (χ4n) is 3.20. The molecular formula is C18H22ClN5O2S. The summed E-state index contributed by atoms with van der Waals surface area (Å²) in [4.78, 5) is 26.9. The van der Waals surface area contributed by atoms with Crippen LogP contribution in [0.1, 0.15) is 29.0 Å². The van der Waals surface area contributed by atoms with Crippen molar-refractivity contribution in [3.05, 3.63) is 45.4 Å². The van der Waals surface area contributed by atoms with Gasteiger partial charge in [0.25, 0.3) is 5.91 Å². The highest BCUT2D eigenvalue weighted by molar-refractivity contribution is 7.71. The number of carbonyl (C=O) groups is 2. The second-order valence-corrected chi connectivity index (χ2v) is 7.47. The van der Waals surface area contributed by atoms with E-state index in [1.807, 2.05) is 7.05 Å². The van der Waals surface area contributed by atoms with E-state index < -0.39 is 0 Å². The van der Waals surface area contributed by atoms with Gasteiger partial charge in [-0.3, -0.25) is 14.7 Å². The van der Waals surface area contributed by atoms with Gasteiger partial charge in [-0.05, 0) is 49.3 Å². The Kier molecular flexibility index (Phi) is 6.28. The highest BCUT2D eigenvalue weighted by Crippen LogP contribution is 2.20. The van der Waals surface area contributed by atoms with Gasteiger partial charge in [-0.15, -0.1) is 0 Å². The molecule has 2 N–H and O–H groups in total. The fourth-order valence-corrected chi connectivity index (χ4v) is 3.47. The molecule has 2 amide bonds. The summed E-state index contributed by atoms with van der Waals surface area (Å²) in [6, 6.07) is 6.83. The molecule has 0 spiro atoms. The molecule has 0 radical (unpaired) electrons. The van der Waals surface area contributed by atoms with Crippen LogP contribution >= 0.6 is 23.8 Å². The van der Waals surface area contributed by atoms with E-state index in [2.05, 4.69) is 15.5 Å². The highest BCUT2D eigenvalue weighted by Gasteiger charge is 2.28. The molecule has 1 aromatic heterocycles. The molecule has 0 bridgehead atoms. The molecule has 0 aliphatic carbocycles. The molecule has 27 heavy (non-hydrogen) atoms. The zero-order valence-electron chi connectivity index (χ0n) is 15.1. The second-order valence-electron chi connectivity index (χ2n) is 6.64. The number of hydrogen-bond donors (Lipinski definition) is 2. The fraction of sp³-hybridized carbons (Fsp3) is 0.444. The van der Waals surface area contributed by atoms with Gasteiger partial charge in [0.15, 0.2) is 4.77 Å². The van der Waals surface area contributed by atoms with E-state index in [0.717, 1.165) is 18.7 Å². The predicted octanol–water partition coefficient (Wildman–Crippen LogP) is 2.34. The lowest BCUT2D eigenvalue weighted by molar-refractivity contribution is -0.126. The SMILES string of the molecule is Cn1c(CCNC(=O)C2CCCN(C(=O)c3ccc(Cl)cc3)C2)n[nH]c1=S. The van der Waals surface area contributed by atoms with Crippen LogP contribution in [0.15, 0.2) is 24.3 Å². The standard InChI is InChI=1S/C18H22ClN5O2S/c1-23-15(21-22-18(23)27)8-9-20-16(25)13-3-2-10-24(11-13)17(26)12-4-6-14(19)7-5-12/h4-7,13H,2-3,8-11H2,1H3,(H,20,25)(H,22,27). The lowest BCUT2D eigenvalue weighted by Crippen LogP contribution is -2.45. The number of nitrogens with one attached hydrogen (secondary N) is 2. The predicted molar refractivity (Wildman–Crippen MR) is 105 cm³/mol. The first kappa shape index (κ1) is 19.6. The van der Waals surface area contributed by atoms with Crippen LogP contribution < -0.4 is 5.32 Å². The van der Waals surface area contributed by atoms with Gasteiger partial charge >= 0.3 is 0 Å². The molecule has 2 aromatic rings.